The van der Waals surface area contributed by atoms with Crippen LogP contribution in [0.3, 0.4) is 0 Å². The molecule has 2 N–H and O–H groups in total. The number of hydrogen-bond donors (Lipinski definition) is 2. The Balaban J connectivity index is 1.40. The Morgan fingerprint density at radius 3 is 2.71 bits per heavy atom. The number of rotatable bonds is 5. The molecule has 170 valence electrons. The molecule has 0 bridgehead atoms. The molecule has 0 saturated carbocycles. The van der Waals surface area contributed by atoms with Crippen molar-refractivity contribution in [1.29, 1.82) is 0 Å². The first-order valence-electron chi connectivity index (χ1n) is 10.4. The lowest BCUT2D eigenvalue weighted by molar-refractivity contribution is -0.133. The van der Waals surface area contributed by atoms with Gasteiger partial charge in [-0.05, 0) is 41.5 Å². The molecule has 1 aromatic heterocycles. The molecular formula is C24H19ClN6O3. The Morgan fingerprint density at radius 2 is 1.91 bits per heavy atom. The van der Waals surface area contributed by atoms with Crippen molar-refractivity contribution in [3.05, 3.63) is 83.9 Å². The van der Waals surface area contributed by atoms with Gasteiger partial charge in [0.1, 0.15) is 24.7 Å². The lowest BCUT2D eigenvalue weighted by Crippen LogP contribution is -2.42. The third-order valence-corrected chi connectivity index (χ3v) is 6.04. The quantitative estimate of drug-likeness (QED) is 0.430. The van der Waals surface area contributed by atoms with Crippen LogP contribution < -0.4 is 10.6 Å². The van der Waals surface area contributed by atoms with E-state index in [1.165, 1.54) is 17.3 Å². The molecule has 0 radical (unpaired) electrons. The summed E-state index contributed by atoms with van der Waals surface area (Å²) < 4.78 is 1.47. The van der Waals surface area contributed by atoms with Crippen LogP contribution >= 0.6 is 11.6 Å². The van der Waals surface area contributed by atoms with Gasteiger partial charge in [-0.2, -0.15) is 5.10 Å². The monoisotopic (exact) mass is 474 g/mol. The molecule has 4 amide bonds. The second kappa shape index (κ2) is 8.27. The second-order valence-corrected chi connectivity index (χ2v) is 8.46. The van der Waals surface area contributed by atoms with E-state index in [-0.39, 0.29) is 0 Å². The van der Waals surface area contributed by atoms with E-state index in [0.717, 1.165) is 15.7 Å². The Bertz CT molecular complexity index is 1430. The van der Waals surface area contributed by atoms with Crippen LogP contribution in [0.4, 0.5) is 10.5 Å². The van der Waals surface area contributed by atoms with Crippen molar-refractivity contribution >= 4 is 45.9 Å². The molecular weight excluding hydrogens is 456 g/mol. The molecule has 34 heavy (non-hydrogen) atoms. The van der Waals surface area contributed by atoms with Crippen LogP contribution in [0.1, 0.15) is 12.5 Å². The molecule has 1 aliphatic rings. The number of halogens is 1. The van der Waals surface area contributed by atoms with Crippen LogP contribution in [-0.2, 0) is 15.1 Å². The minimum atomic E-state index is -1.31. The largest absolute Gasteiger partial charge is 0.325 e. The number of urea groups is 1. The van der Waals surface area contributed by atoms with Gasteiger partial charge in [-0.1, -0.05) is 54.1 Å². The van der Waals surface area contributed by atoms with Crippen molar-refractivity contribution in [2.45, 2.75) is 12.5 Å². The Kier molecular flexibility index (Phi) is 5.25. The topological polar surface area (TPSA) is 109 Å². The van der Waals surface area contributed by atoms with Crippen molar-refractivity contribution in [2.24, 2.45) is 0 Å². The highest BCUT2D eigenvalue weighted by atomic mass is 35.5. The number of benzene rings is 3. The van der Waals surface area contributed by atoms with Gasteiger partial charge >= 0.3 is 6.03 Å². The van der Waals surface area contributed by atoms with Gasteiger partial charge in [0.05, 0.1) is 11.4 Å². The van der Waals surface area contributed by atoms with E-state index in [1.807, 2.05) is 36.4 Å². The zero-order chi connectivity index (χ0) is 23.9. The molecule has 0 spiro atoms. The highest BCUT2D eigenvalue weighted by Crippen LogP contribution is 2.34. The lowest BCUT2D eigenvalue weighted by Gasteiger charge is -2.24. The first-order valence-corrected chi connectivity index (χ1v) is 10.8. The van der Waals surface area contributed by atoms with Crippen LogP contribution in [0.25, 0.3) is 16.5 Å². The average Bonchev–Trinajstić information content (AvgIpc) is 3.42. The highest BCUT2D eigenvalue weighted by Gasteiger charge is 2.50. The van der Waals surface area contributed by atoms with Crippen molar-refractivity contribution in [3.8, 4) is 5.69 Å². The average molecular weight is 475 g/mol. The SMILES string of the molecule is C[C@@]1(c2cccc3ccccc23)NC(=O)N(CC(=O)Nc2cc(Cl)ccc2-n2cncn2)C1=O. The summed E-state index contributed by atoms with van der Waals surface area (Å²) in [6.45, 7) is 1.18. The Hall–Kier alpha value is -4.24. The van der Waals surface area contributed by atoms with Gasteiger partial charge in [0, 0.05) is 5.02 Å². The van der Waals surface area contributed by atoms with Gasteiger partial charge in [-0.3, -0.25) is 14.5 Å². The normalized spacial score (nSPS) is 17.8. The number of anilines is 1. The Labute approximate surface area is 199 Å². The number of imide groups is 1. The smallest absolute Gasteiger partial charge is 0.323 e. The molecule has 1 saturated heterocycles. The molecule has 3 aromatic carbocycles. The molecule has 10 heteroatoms. The maximum Gasteiger partial charge on any atom is 0.325 e. The third kappa shape index (κ3) is 3.65. The van der Waals surface area contributed by atoms with Crippen molar-refractivity contribution in [3.63, 3.8) is 0 Å². The molecule has 4 aromatic rings. The molecule has 0 unspecified atom stereocenters. The van der Waals surface area contributed by atoms with Gasteiger partial charge in [-0.15, -0.1) is 0 Å². The fraction of sp³-hybridized carbons (Fsp3) is 0.125. The number of nitrogens with one attached hydrogen (secondary N) is 2. The second-order valence-electron chi connectivity index (χ2n) is 8.02. The maximum atomic E-state index is 13.4. The van der Waals surface area contributed by atoms with Gasteiger partial charge in [0.15, 0.2) is 0 Å². The summed E-state index contributed by atoms with van der Waals surface area (Å²) in [5, 5.41) is 11.8. The number of aromatic nitrogens is 3. The van der Waals surface area contributed by atoms with Crippen molar-refractivity contribution < 1.29 is 14.4 Å². The van der Waals surface area contributed by atoms with Crippen molar-refractivity contribution in [1.82, 2.24) is 25.0 Å². The number of carbonyl (C=O) groups excluding carboxylic acids is 3. The van der Waals surface area contributed by atoms with Gasteiger partial charge in [0.2, 0.25) is 5.91 Å². The summed E-state index contributed by atoms with van der Waals surface area (Å²) >= 11 is 6.11. The summed E-state index contributed by atoms with van der Waals surface area (Å²) in [7, 11) is 0. The van der Waals surface area contributed by atoms with Crippen LogP contribution in [0.2, 0.25) is 5.02 Å². The van der Waals surface area contributed by atoms with E-state index in [2.05, 4.69) is 20.7 Å². The van der Waals surface area contributed by atoms with E-state index >= 15 is 0 Å². The predicted molar refractivity (Wildman–Crippen MR) is 127 cm³/mol. The highest BCUT2D eigenvalue weighted by molar-refractivity contribution is 6.31. The molecule has 9 nitrogen and oxygen atoms in total. The van der Waals surface area contributed by atoms with E-state index in [4.69, 9.17) is 11.6 Å². The van der Waals surface area contributed by atoms with Crippen LogP contribution in [0.5, 0.6) is 0 Å². The summed E-state index contributed by atoms with van der Waals surface area (Å²) in [6, 6.07) is 17.4. The van der Waals surface area contributed by atoms with E-state index in [0.29, 0.717) is 22.0 Å². The molecule has 0 aliphatic carbocycles. The first-order chi connectivity index (χ1) is 16.4. The fourth-order valence-corrected chi connectivity index (χ4v) is 4.33. The number of carbonyl (C=O) groups is 3. The minimum absolute atomic E-state index is 0.367. The standard InChI is InChI=1S/C24H19ClN6O3/c1-24(18-8-4-6-15-5-2-3-7-17(15)18)22(33)30(23(34)29-24)12-21(32)28-19-11-16(25)9-10-20(19)31-14-26-13-27-31/h2-11,13-14H,12H2,1H3,(H,28,32)(H,29,34)/t24-/m0/s1. The minimum Gasteiger partial charge on any atom is -0.323 e. The number of fused-ring (bicyclic) bond motifs is 1. The van der Waals surface area contributed by atoms with Gasteiger partial charge < -0.3 is 10.6 Å². The fourth-order valence-electron chi connectivity index (χ4n) is 4.16. The zero-order valence-electron chi connectivity index (χ0n) is 18.0. The zero-order valence-corrected chi connectivity index (χ0v) is 18.8. The number of amides is 4. The van der Waals surface area contributed by atoms with Gasteiger partial charge in [-0.25, -0.2) is 14.5 Å². The molecule has 1 aliphatic heterocycles. The lowest BCUT2D eigenvalue weighted by atomic mass is 9.88. The van der Waals surface area contributed by atoms with E-state index in [1.54, 1.807) is 31.2 Å². The predicted octanol–water partition coefficient (Wildman–Crippen LogP) is 3.48. The van der Waals surface area contributed by atoms with Crippen LogP contribution in [-0.4, -0.2) is 44.1 Å². The molecule has 1 fully saturated rings. The van der Waals surface area contributed by atoms with Gasteiger partial charge in [0.25, 0.3) is 5.91 Å². The van der Waals surface area contributed by atoms with E-state index < -0.39 is 29.9 Å². The first kappa shape index (κ1) is 21.6. The van der Waals surface area contributed by atoms with E-state index in [9.17, 15) is 14.4 Å². The summed E-state index contributed by atoms with van der Waals surface area (Å²) in [5.41, 5.74) is 0.260. The molecule has 2 heterocycles. The third-order valence-electron chi connectivity index (χ3n) is 5.80. The Morgan fingerprint density at radius 1 is 1.12 bits per heavy atom. The molecule has 5 rings (SSSR count). The summed E-state index contributed by atoms with van der Waals surface area (Å²) in [4.78, 5) is 43.9. The van der Waals surface area contributed by atoms with Crippen LogP contribution in [0.15, 0.2) is 73.3 Å². The number of nitrogens with zero attached hydrogens (tertiary/aromatic N) is 4. The van der Waals surface area contributed by atoms with Crippen molar-refractivity contribution in [2.75, 3.05) is 11.9 Å². The maximum absolute atomic E-state index is 13.4. The van der Waals surface area contributed by atoms with Crippen LogP contribution in [0, 0.1) is 0 Å². The molecule has 1 atom stereocenters. The number of hydrogen-bond acceptors (Lipinski definition) is 5. The summed E-state index contributed by atoms with van der Waals surface area (Å²) in [5.74, 6) is -1.07. The summed E-state index contributed by atoms with van der Waals surface area (Å²) in [6.07, 6.45) is 2.84.